The summed E-state index contributed by atoms with van der Waals surface area (Å²) in [5.74, 6) is 1.05. The highest BCUT2D eigenvalue weighted by molar-refractivity contribution is 5.81. The number of hydrogen-bond donors (Lipinski definition) is 1. The van der Waals surface area contributed by atoms with Gasteiger partial charge in [-0.15, -0.1) is 0 Å². The first kappa shape index (κ1) is 14.7. The molecule has 0 aromatic heterocycles. The quantitative estimate of drug-likeness (QED) is 0.889. The number of carbonyl (C=O) groups excluding carboxylic acids is 1. The highest BCUT2D eigenvalue weighted by Crippen LogP contribution is 2.29. The number of likely N-dealkylation sites (tertiary alicyclic amines) is 1. The van der Waals surface area contributed by atoms with E-state index in [-0.39, 0.29) is 12.5 Å². The zero-order valence-corrected chi connectivity index (χ0v) is 12.0. The molecule has 1 N–H and O–H groups in total. The molecule has 110 valence electrons. The van der Waals surface area contributed by atoms with Crippen LogP contribution in [0.25, 0.3) is 0 Å². The van der Waals surface area contributed by atoms with Gasteiger partial charge in [-0.1, -0.05) is 6.07 Å². The summed E-state index contributed by atoms with van der Waals surface area (Å²) in [5.41, 5.74) is 0.743. The second-order valence-corrected chi connectivity index (χ2v) is 4.94. The van der Waals surface area contributed by atoms with Crippen molar-refractivity contribution in [2.24, 2.45) is 0 Å². The Morgan fingerprint density at radius 3 is 2.65 bits per heavy atom. The topological polar surface area (TPSA) is 59.0 Å². The minimum atomic E-state index is -0.540. The number of aliphatic hydroxyl groups is 1. The second kappa shape index (κ2) is 6.61. The summed E-state index contributed by atoms with van der Waals surface area (Å²) in [6.45, 7) is 3.32. The van der Waals surface area contributed by atoms with Crippen molar-refractivity contribution in [1.82, 2.24) is 4.90 Å². The molecule has 1 aliphatic heterocycles. The second-order valence-electron chi connectivity index (χ2n) is 4.94. The third-order valence-electron chi connectivity index (χ3n) is 3.48. The van der Waals surface area contributed by atoms with Crippen LogP contribution in [0.2, 0.25) is 0 Å². The molecule has 5 nitrogen and oxygen atoms in total. The van der Waals surface area contributed by atoms with Crippen molar-refractivity contribution in [1.29, 1.82) is 0 Å². The van der Waals surface area contributed by atoms with E-state index in [1.54, 1.807) is 25.1 Å². The molecule has 1 aromatic carbocycles. The van der Waals surface area contributed by atoms with Gasteiger partial charge in [-0.3, -0.25) is 4.79 Å². The Hall–Kier alpha value is -1.75. The minimum absolute atomic E-state index is 0.00999. The molecule has 0 bridgehead atoms. The maximum atomic E-state index is 12.2. The highest BCUT2D eigenvalue weighted by atomic mass is 16.5. The molecule has 1 amide bonds. The van der Waals surface area contributed by atoms with Gasteiger partial charge in [0.1, 0.15) is 0 Å². The molecule has 20 heavy (non-hydrogen) atoms. The molecule has 1 aliphatic rings. The number of methoxy groups -OCH3 is 1. The van der Waals surface area contributed by atoms with E-state index < -0.39 is 6.10 Å². The third kappa shape index (κ3) is 3.22. The molecular formula is C15H21NO4. The van der Waals surface area contributed by atoms with Crippen LogP contribution < -0.4 is 9.47 Å². The molecular weight excluding hydrogens is 258 g/mol. The normalized spacial score (nSPS) is 16.1. The number of ether oxygens (including phenoxy) is 2. The summed E-state index contributed by atoms with van der Waals surface area (Å²) >= 11 is 0. The molecule has 1 aromatic rings. The zero-order valence-electron chi connectivity index (χ0n) is 12.0. The van der Waals surface area contributed by atoms with Gasteiger partial charge in [0.2, 0.25) is 0 Å². The van der Waals surface area contributed by atoms with Crippen LogP contribution in [-0.2, 0) is 11.4 Å². The molecule has 1 fully saturated rings. The lowest BCUT2D eigenvalue weighted by atomic mass is 10.2. The molecule has 1 unspecified atom stereocenters. The Morgan fingerprint density at radius 2 is 2.05 bits per heavy atom. The highest BCUT2D eigenvalue weighted by Gasteiger charge is 2.25. The van der Waals surface area contributed by atoms with E-state index in [1.807, 2.05) is 4.90 Å². The maximum absolute atomic E-state index is 12.2. The molecule has 5 heteroatoms. The predicted octanol–water partition coefficient (Wildman–Crippen LogP) is 1.58. The number of benzene rings is 1. The van der Waals surface area contributed by atoms with Crippen molar-refractivity contribution in [3.8, 4) is 11.5 Å². The molecule has 1 heterocycles. The summed E-state index contributed by atoms with van der Waals surface area (Å²) < 4.78 is 10.9. The first-order valence-electron chi connectivity index (χ1n) is 6.89. The van der Waals surface area contributed by atoms with Crippen molar-refractivity contribution >= 4 is 5.91 Å². The van der Waals surface area contributed by atoms with E-state index in [0.29, 0.717) is 11.5 Å². The first-order valence-corrected chi connectivity index (χ1v) is 6.89. The monoisotopic (exact) mass is 279 g/mol. The fraction of sp³-hybridized carbons (Fsp3) is 0.533. The van der Waals surface area contributed by atoms with E-state index in [2.05, 4.69) is 0 Å². The van der Waals surface area contributed by atoms with Crippen LogP contribution in [0.4, 0.5) is 0 Å². The van der Waals surface area contributed by atoms with Crippen molar-refractivity contribution in [3.05, 3.63) is 23.8 Å². The SMILES string of the molecule is COc1cc(CO)ccc1OC(C)C(=O)N1CCCC1. The van der Waals surface area contributed by atoms with Gasteiger partial charge >= 0.3 is 0 Å². The first-order chi connectivity index (χ1) is 9.65. The Labute approximate surface area is 119 Å². The van der Waals surface area contributed by atoms with E-state index in [4.69, 9.17) is 14.6 Å². The van der Waals surface area contributed by atoms with Crippen molar-refractivity contribution < 1.29 is 19.4 Å². The Kier molecular flexibility index (Phi) is 4.84. The lowest BCUT2D eigenvalue weighted by Crippen LogP contribution is -2.38. The Morgan fingerprint density at radius 1 is 1.35 bits per heavy atom. The fourth-order valence-electron chi connectivity index (χ4n) is 2.34. The minimum Gasteiger partial charge on any atom is -0.493 e. The average molecular weight is 279 g/mol. The molecule has 2 rings (SSSR count). The van der Waals surface area contributed by atoms with Gasteiger partial charge in [-0.05, 0) is 37.5 Å². The molecule has 0 radical (unpaired) electrons. The molecule has 0 aliphatic carbocycles. The van der Waals surface area contributed by atoms with Crippen LogP contribution in [0.1, 0.15) is 25.3 Å². The summed E-state index contributed by atoms with van der Waals surface area (Å²) in [7, 11) is 1.54. The van der Waals surface area contributed by atoms with Crippen LogP contribution in [0.15, 0.2) is 18.2 Å². The summed E-state index contributed by atoms with van der Waals surface area (Å²) in [6, 6.07) is 5.19. The Bertz CT molecular complexity index is 469. The standard InChI is InChI=1S/C15H21NO4/c1-11(15(18)16-7-3-4-8-16)20-13-6-5-12(10-17)9-14(13)19-2/h5-6,9,11,17H,3-4,7-8,10H2,1-2H3. The number of aliphatic hydroxyl groups excluding tert-OH is 1. The van der Waals surface area contributed by atoms with Gasteiger partial charge in [-0.2, -0.15) is 0 Å². The van der Waals surface area contributed by atoms with Crippen LogP contribution in [0, 0.1) is 0 Å². The van der Waals surface area contributed by atoms with Crippen molar-refractivity contribution in [3.63, 3.8) is 0 Å². The van der Waals surface area contributed by atoms with Crippen LogP contribution in [-0.4, -0.2) is 42.2 Å². The van der Waals surface area contributed by atoms with Crippen molar-refractivity contribution in [2.45, 2.75) is 32.5 Å². The molecule has 0 spiro atoms. The summed E-state index contributed by atoms with van der Waals surface area (Å²) in [6.07, 6.45) is 1.59. The van der Waals surface area contributed by atoms with Gasteiger partial charge in [-0.25, -0.2) is 0 Å². The third-order valence-corrected chi connectivity index (χ3v) is 3.48. The van der Waals surface area contributed by atoms with Gasteiger partial charge in [0.15, 0.2) is 17.6 Å². The number of carbonyl (C=O) groups is 1. The van der Waals surface area contributed by atoms with Gasteiger partial charge in [0, 0.05) is 13.1 Å². The summed E-state index contributed by atoms with van der Waals surface area (Å²) in [4.78, 5) is 14.0. The van der Waals surface area contributed by atoms with Crippen LogP contribution in [0.3, 0.4) is 0 Å². The van der Waals surface area contributed by atoms with E-state index in [9.17, 15) is 4.79 Å². The summed E-state index contributed by atoms with van der Waals surface area (Å²) in [5, 5.41) is 9.10. The number of nitrogens with zero attached hydrogens (tertiary/aromatic N) is 1. The molecule has 1 atom stereocenters. The van der Waals surface area contributed by atoms with E-state index in [0.717, 1.165) is 31.5 Å². The van der Waals surface area contributed by atoms with Gasteiger partial charge in [0.05, 0.1) is 13.7 Å². The largest absolute Gasteiger partial charge is 0.493 e. The fourth-order valence-corrected chi connectivity index (χ4v) is 2.34. The number of hydrogen-bond acceptors (Lipinski definition) is 4. The maximum Gasteiger partial charge on any atom is 0.263 e. The van der Waals surface area contributed by atoms with Crippen LogP contribution in [0.5, 0.6) is 11.5 Å². The lowest BCUT2D eigenvalue weighted by Gasteiger charge is -2.22. The van der Waals surface area contributed by atoms with Crippen LogP contribution >= 0.6 is 0 Å². The molecule has 1 saturated heterocycles. The van der Waals surface area contributed by atoms with E-state index in [1.165, 1.54) is 7.11 Å². The molecule has 0 saturated carbocycles. The zero-order chi connectivity index (χ0) is 14.5. The lowest BCUT2D eigenvalue weighted by molar-refractivity contribution is -0.136. The van der Waals surface area contributed by atoms with Gasteiger partial charge < -0.3 is 19.5 Å². The number of rotatable bonds is 5. The van der Waals surface area contributed by atoms with Gasteiger partial charge in [0.25, 0.3) is 5.91 Å². The van der Waals surface area contributed by atoms with E-state index >= 15 is 0 Å². The average Bonchev–Trinajstić information content (AvgIpc) is 3.00. The smallest absolute Gasteiger partial charge is 0.263 e. The number of amides is 1. The van der Waals surface area contributed by atoms with Crippen molar-refractivity contribution in [2.75, 3.05) is 20.2 Å². The Balaban J connectivity index is 2.06. The predicted molar refractivity (Wildman–Crippen MR) is 74.8 cm³/mol.